The largest absolute Gasteiger partial charge is 0.483 e. The molecule has 5 nitrogen and oxygen atoms in total. The van der Waals surface area contributed by atoms with Gasteiger partial charge in [-0.05, 0) is 17.7 Å². The van der Waals surface area contributed by atoms with E-state index < -0.39 is 11.4 Å². The van der Waals surface area contributed by atoms with Gasteiger partial charge in [-0.2, -0.15) is 0 Å². The molecular weight excluding hydrogens is 265 g/mol. The van der Waals surface area contributed by atoms with Crippen LogP contribution in [0.3, 0.4) is 0 Å². The Morgan fingerprint density at radius 3 is 2.60 bits per heavy atom. The summed E-state index contributed by atoms with van der Waals surface area (Å²) in [4.78, 5) is 22.6. The number of pyridine rings is 1. The second kappa shape index (κ2) is 5.56. The zero-order valence-corrected chi connectivity index (χ0v) is 10.7. The Labute approximate surface area is 113 Å². The number of hydrogen-bond acceptors (Lipinski definition) is 3. The zero-order chi connectivity index (χ0) is 14.7. The van der Waals surface area contributed by atoms with Crippen LogP contribution in [-0.4, -0.2) is 15.6 Å². The van der Waals surface area contributed by atoms with Gasteiger partial charge in [0.1, 0.15) is 18.1 Å². The molecule has 2 rings (SSSR count). The van der Waals surface area contributed by atoms with Gasteiger partial charge in [0, 0.05) is 13.1 Å². The lowest BCUT2D eigenvalue weighted by Crippen LogP contribution is -2.16. The van der Waals surface area contributed by atoms with E-state index in [2.05, 4.69) is 0 Å². The molecule has 1 heterocycles. The maximum Gasteiger partial charge on any atom is 0.352 e. The third-order valence-corrected chi connectivity index (χ3v) is 2.73. The maximum absolute atomic E-state index is 12.7. The lowest BCUT2D eigenvalue weighted by Gasteiger charge is -2.09. The standard InChI is InChI=1S/C14H12FNO4/c1-16-7-13(12(17)6-11(16)14(18)19)20-8-9-2-4-10(15)5-3-9/h2-7H,8H2,1H3,(H,18,19). The molecule has 0 saturated heterocycles. The molecule has 1 aromatic carbocycles. The van der Waals surface area contributed by atoms with E-state index >= 15 is 0 Å². The quantitative estimate of drug-likeness (QED) is 0.925. The molecule has 0 fully saturated rings. The molecule has 0 saturated carbocycles. The van der Waals surface area contributed by atoms with Crippen LogP contribution >= 0.6 is 0 Å². The summed E-state index contributed by atoms with van der Waals surface area (Å²) in [6, 6.07) is 6.69. The summed E-state index contributed by atoms with van der Waals surface area (Å²) in [5, 5.41) is 8.88. The average Bonchev–Trinajstić information content (AvgIpc) is 2.41. The Morgan fingerprint density at radius 2 is 2.00 bits per heavy atom. The summed E-state index contributed by atoms with van der Waals surface area (Å²) in [5.41, 5.74) is 0.0718. The van der Waals surface area contributed by atoms with E-state index in [1.807, 2.05) is 0 Å². The zero-order valence-electron chi connectivity index (χ0n) is 10.7. The first kappa shape index (κ1) is 13.8. The molecule has 0 aliphatic rings. The lowest BCUT2D eigenvalue weighted by atomic mass is 10.2. The van der Waals surface area contributed by atoms with Crippen LogP contribution in [0, 0.1) is 5.82 Å². The lowest BCUT2D eigenvalue weighted by molar-refractivity contribution is 0.0685. The molecule has 1 aromatic heterocycles. The van der Waals surface area contributed by atoms with Crippen molar-refractivity contribution in [1.29, 1.82) is 0 Å². The molecular formula is C14H12FNO4. The SMILES string of the molecule is Cn1cc(OCc2ccc(F)cc2)c(=O)cc1C(=O)O. The number of benzene rings is 1. The van der Waals surface area contributed by atoms with E-state index in [-0.39, 0.29) is 23.9 Å². The Bertz CT molecular complexity index is 691. The van der Waals surface area contributed by atoms with E-state index in [1.165, 1.54) is 29.9 Å². The second-order valence-corrected chi connectivity index (χ2v) is 4.22. The molecule has 2 aromatic rings. The van der Waals surface area contributed by atoms with Crippen LogP contribution in [0.25, 0.3) is 0 Å². The number of aromatic carboxylic acids is 1. The number of carboxylic acid groups (broad SMARTS) is 1. The number of carboxylic acids is 1. The average molecular weight is 277 g/mol. The Morgan fingerprint density at radius 1 is 1.35 bits per heavy atom. The van der Waals surface area contributed by atoms with Crippen molar-refractivity contribution >= 4 is 5.97 Å². The molecule has 0 aliphatic carbocycles. The van der Waals surface area contributed by atoms with Crippen LogP contribution in [0.15, 0.2) is 41.3 Å². The van der Waals surface area contributed by atoms with Gasteiger partial charge in [0.05, 0.1) is 6.20 Å². The van der Waals surface area contributed by atoms with E-state index in [9.17, 15) is 14.0 Å². The monoisotopic (exact) mass is 277 g/mol. The Hall–Kier alpha value is -2.63. The highest BCUT2D eigenvalue weighted by Crippen LogP contribution is 2.09. The highest BCUT2D eigenvalue weighted by atomic mass is 19.1. The van der Waals surface area contributed by atoms with Gasteiger partial charge in [0.2, 0.25) is 5.43 Å². The molecule has 0 atom stereocenters. The summed E-state index contributed by atoms with van der Waals surface area (Å²) in [6.07, 6.45) is 1.31. The molecule has 6 heteroatoms. The number of aryl methyl sites for hydroxylation is 1. The van der Waals surface area contributed by atoms with Crippen molar-refractivity contribution in [3.63, 3.8) is 0 Å². The minimum atomic E-state index is -1.19. The van der Waals surface area contributed by atoms with Gasteiger partial charge < -0.3 is 14.4 Å². The van der Waals surface area contributed by atoms with Gasteiger partial charge in [-0.1, -0.05) is 12.1 Å². The van der Waals surface area contributed by atoms with E-state index in [0.717, 1.165) is 6.07 Å². The molecule has 0 amide bonds. The van der Waals surface area contributed by atoms with Crippen molar-refractivity contribution < 1.29 is 19.0 Å². The van der Waals surface area contributed by atoms with Crippen LogP contribution in [0.2, 0.25) is 0 Å². The van der Waals surface area contributed by atoms with Crippen LogP contribution < -0.4 is 10.2 Å². The van der Waals surface area contributed by atoms with Crippen LogP contribution in [0.4, 0.5) is 4.39 Å². The van der Waals surface area contributed by atoms with Crippen LogP contribution in [0.1, 0.15) is 16.1 Å². The molecule has 0 radical (unpaired) electrons. The van der Waals surface area contributed by atoms with E-state index in [4.69, 9.17) is 9.84 Å². The first-order chi connectivity index (χ1) is 9.47. The van der Waals surface area contributed by atoms with E-state index in [0.29, 0.717) is 5.56 Å². The smallest absolute Gasteiger partial charge is 0.352 e. The van der Waals surface area contributed by atoms with Gasteiger partial charge in [0.25, 0.3) is 0 Å². The fourth-order valence-corrected chi connectivity index (χ4v) is 1.67. The van der Waals surface area contributed by atoms with Gasteiger partial charge in [-0.3, -0.25) is 4.79 Å². The predicted octanol–water partition coefficient (Wildman–Crippen LogP) is 1.80. The number of aromatic nitrogens is 1. The fourth-order valence-electron chi connectivity index (χ4n) is 1.67. The molecule has 0 spiro atoms. The van der Waals surface area contributed by atoms with E-state index in [1.54, 1.807) is 12.1 Å². The highest BCUT2D eigenvalue weighted by molar-refractivity contribution is 5.85. The van der Waals surface area contributed by atoms with Crippen molar-refractivity contribution in [3.8, 4) is 5.75 Å². The minimum absolute atomic E-state index is 0.0434. The molecule has 0 unspecified atom stereocenters. The minimum Gasteiger partial charge on any atom is -0.483 e. The molecule has 1 N–H and O–H groups in total. The van der Waals surface area contributed by atoms with Gasteiger partial charge >= 0.3 is 5.97 Å². The number of halogens is 1. The van der Waals surface area contributed by atoms with Crippen molar-refractivity contribution in [1.82, 2.24) is 4.57 Å². The molecule has 104 valence electrons. The fraction of sp³-hybridized carbons (Fsp3) is 0.143. The third kappa shape index (κ3) is 3.03. The second-order valence-electron chi connectivity index (χ2n) is 4.22. The van der Waals surface area contributed by atoms with Crippen LogP contribution in [0.5, 0.6) is 5.75 Å². The predicted molar refractivity (Wildman–Crippen MR) is 69.4 cm³/mol. The van der Waals surface area contributed by atoms with Crippen molar-refractivity contribution in [2.75, 3.05) is 0 Å². The normalized spacial score (nSPS) is 10.3. The maximum atomic E-state index is 12.7. The van der Waals surface area contributed by atoms with Crippen molar-refractivity contribution in [2.45, 2.75) is 6.61 Å². The summed E-state index contributed by atoms with van der Waals surface area (Å²) in [5.74, 6) is -1.49. The van der Waals surface area contributed by atoms with Gasteiger partial charge in [0.15, 0.2) is 5.75 Å². The first-order valence-corrected chi connectivity index (χ1v) is 5.78. The molecule has 20 heavy (non-hydrogen) atoms. The first-order valence-electron chi connectivity index (χ1n) is 5.78. The third-order valence-electron chi connectivity index (χ3n) is 2.73. The van der Waals surface area contributed by atoms with Crippen molar-refractivity contribution in [2.24, 2.45) is 7.05 Å². The summed E-state index contributed by atoms with van der Waals surface area (Å²) < 4.78 is 19.4. The Balaban J connectivity index is 2.18. The Kier molecular flexibility index (Phi) is 3.84. The molecule has 0 bridgehead atoms. The van der Waals surface area contributed by atoms with Gasteiger partial charge in [-0.15, -0.1) is 0 Å². The number of nitrogens with zero attached hydrogens (tertiary/aromatic N) is 1. The summed E-state index contributed by atoms with van der Waals surface area (Å²) >= 11 is 0. The number of ether oxygens (including phenoxy) is 1. The molecule has 0 aliphatic heterocycles. The topological polar surface area (TPSA) is 68.5 Å². The summed E-state index contributed by atoms with van der Waals surface area (Å²) in [7, 11) is 1.51. The van der Waals surface area contributed by atoms with Gasteiger partial charge in [-0.25, -0.2) is 9.18 Å². The number of hydrogen-bond donors (Lipinski definition) is 1. The van der Waals surface area contributed by atoms with Crippen LogP contribution in [-0.2, 0) is 13.7 Å². The summed E-state index contributed by atoms with van der Waals surface area (Å²) in [6.45, 7) is 0.0991. The number of rotatable bonds is 4. The number of carbonyl (C=O) groups is 1. The van der Waals surface area contributed by atoms with Crippen molar-refractivity contribution in [3.05, 3.63) is 63.8 Å². The highest BCUT2D eigenvalue weighted by Gasteiger charge is 2.11.